The standard InChI is InChI=1S/C18H18N2S/c19-16(11-14-7-3-1-4-8-14)12-18-20-17(13-21-18)15-9-5-2-6-10-15/h1-10,13,16H,11-12,19H2. The largest absolute Gasteiger partial charge is 0.327 e. The first-order valence-electron chi connectivity index (χ1n) is 7.10. The molecule has 0 fully saturated rings. The molecule has 0 bridgehead atoms. The van der Waals surface area contributed by atoms with Gasteiger partial charge < -0.3 is 5.73 Å². The van der Waals surface area contributed by atoms with Gasteiger partial charge in [0.1, 0.15) is 0 Å². The minimum Gasteiger partial charge on any atom is -0.327 e. The fourth-order valence-electron chi connectivity index (χ4n) is 2.36. The lowest BCUT2D eigenvalue weighted by Crippen LogP contribution is -2.25. The third kappa shape index (κ3) is 3.78. The third-order valence-electron chi connectivity index (χ3n) is 3.40. The summed E-state index contributed by atoms with van der Waals surface area (Å²) in [7, 11) is 0. The molecule has 0 spiro atoms. The lowest BCUT2D eigenvalue weighted by Gasteiger charge is -2.09. The summed E-state index contributed by atoms with van der Waals surface area (Å²) in [6, 6.07) is 20.8. The highest BCUT2D eigenvalue weighted by Crippen LogP contribution is 2.22. The van der Waals surface area contributed by atoms with Crippen LogP contribution in [0.3, 0.4) is 0 Å². The molecular weight excluding hydrogens is 276 g/mol. The molecule has 2 aromatic carbocycles. The van der Waals surface area contributed by atoms with Gasteiger partial charge >= 0.3 is 0 Å². The van der Waals surface area contributed by atoms with Crippen molar-refractivity contribution in [3.63, 3.8) is 0 Å². The molecule has 21 heavy (non-hydrogen) atoms. The van der Waals surface area contributed by atoms with E-state index in [1.807, 2.05) is 24.3 Å². The summed E-state index contributed by atoms with van der Waals surface area (Å²) in [5.74, 6) is 0. The normalized spacial score (nSPS) is 12.2. The minimum atomic E-state index is 0.113. The topological polar surface area (TPSA) is 38.9 Å². The van der Waals surface area contributed by atoms with Crippen LogP contribution in [0.4, 0.5) is 0 Å². The van der Waals surface area contributed by atoms with Crippen LogP contribution in [-0.2, 0) is 12.8 Å². The zero-order valence-corrected chi connectivity index (χ0v) is 12.6. The summed E-state index contributed by atoms with van der Waals surface area (Å²) in [6.45, 7) is 0. The average molecular weight is 294 g/mol. The van der Waals surface area contributed by atoms with Crippen molar-refractivity contribution in [2.75, 3.05) is 0 Å². The molecule has 3 rings (SSSR count). The first-order chi connectivity index (χ1) is 10.3. The second kappa shape index (κ2) is 6.66. The molecule has 0 radical (unpaired) electrons. The van der Waals surface area contributed by atoms with E-state index in [4.69, 9.17) is 10.7 Å². The fourth-order valence-corrected chi connectivity index (χ4v) is 3.26. The maximum atomic E-state index is 6.25. The van der Waals surface area contributed by atoms with E-state index in [2.05, 4.69) is 41.8 Å². The molecule has 2 nitrogen and oxygen atoms in total. The van der Waals surface area contributed by atoms with E-state index in [1.165, 1.54) is 5.56 Å². The van der Waals surface area contributed by atoms with Gasteiger partial charge in [-0.05, 0) is 12.0 Å². The molecule has 2 N–H and O–H groups in total. The monoisotopic (exact) mass is 294 g/mol. The zero-order valence-electron chi connectivity index (χ0n) is 11.8. The van der Waals surface area contributed by atoms with Crippen LogP contribution in [0.2, 0.25) is 0 Å². The molecule has 0 aliphatic heterocycles. The number of thiazole rings is 1. The number of nitrogens with two attached hydrogens (primary N) is 1. The van der Waals surface area contributed by atoms with Crippen LogP contribution in [0.5, 0.6) is 0 Å². The van der Waals surface area contributed by atoms with Gasteiger partial charge in [-0.2, -0.15) is 0 Å². The highest BCUT2D eigenvalue weighted by atomic mass is 32.1. The van der Waals surface area contributed by atoms with E-state index >= 15 is 0 Å². The van der Waals surface area contributed by atoms with E-state index in [1.54, 1.807) is 11.3 Å². The molecule has 3 heteroatoms. The van der Waals surface area contributed by atoms with Crippen molar-refractivity contribution in [3.05, 3.63) is 76.6 Å². The van der Waals surface area contributed by atoms with Crippen molar-refractivity contribution in [1.29, 1.82) is 0 Å². The van der Waals surface area contributed by atoms with Gasteiger partial charge in [-0.25, -0.2) is 4.98 Å². The molecule has 106 valence electrons. The lowest BCUT2D eigenvalue weighted by atomic mass is 10.0. The Morgan fingerprint density at radius 3 is 2.29 bits per heavy atom. The maximum Gasteiger partial charge on any atom is 0.0948 e. The van der Waals surface area contributed by atoms with Crippen LogP contribution < -0.4 is 5.73 Å². The van der Waals surface area contributed by atoms with Crippen molar-refractivity contribution in [1.82, 2.24) is 4.98 Å². The lowest BCUT2D eigenvalue weighted by molar-refractivity contribution is 0.662. The first-order valence-corrected chi connectivity index (χ1v) is 7.98. The van der Waals surface area contributed by atoms with Gasteiger partial charge in [0.15, 0.2) is 0 Å². The Hall–Kier alpha value is -1.97. The molecule has 0 saturated carbocycles. The third-order valence-corrected chi connectivity index (χ3v) is 4.27. The molecule has 1 aromatic heterocycles. The van der Waals surface area contributed by atoms with Crippen molar-refractivity contribution in [3.8, 4) is 11.3 Å². The van der Waals surface area contributed by atoms with Gasteiger partial charge in [0.25, 0.3) is 0 Å². The van der Waals surface area contributed by atoms with Crippen LogP contribution in [0.15, 0.2) is 66.0 Å². The van der Waals surface area contributed by atoms with Crippen molar-refractivity contribution < 1.29 is 0 Å². The van der Waals surface area contributed by atoms with Gasteiger partial charge in [-0.15, -0.1) is 11.3 Å². The number of hydrogen-bond acceptors (Lipinski definition) is 3. The van der Waals surface area contributed by atoms with E-state index in [-0.39, 0.29) is 6.04 Å². The van der Waals surface area contributed by atoms with Crippen LogP contribution in [0, 0.1) is 0 Å². The number of hydrogen-bond donors (Lipinski definition) is 1. The molecular formula is C18H18N2S. The minimum absolute atomic E-state index is 0.113. The Morgan fingerprint density at radius 1 is 0.905 bits per heavy atom. The Balaban J connectivity index is 1.65. The molecule has 0 aliphatic carbocycles. The summed E-state index contributed by atoms with van der Waals surface area (Å²) in [6.07, 6.45) is 1.72. The highest BCUT2D eigenvalue weighted by molar-refractivity contribution is 7.09. The number of benzene rings is 2. The smallest absolute Gasteiger partial charge is 0.0948 e. The van der Waals surface area contributed by atoms with Gasteiger partial charge in [-0.3, -0.25) is 0 Å². The van der Waals surface area contributed by atoms with E-state index in [0.29, 0.717) is 0 Å². The highest BCUT2D eigenvalue weighted by Gasteiger charge is 2.09. The van der Waals surface area contributed by atoms with E-state index in [9.17, 15) is 0 Å². The zero-order chi connectivity index (χ0) is 14.5. The summed E-state index contributed by atoms with van der Waals surface area (Å²) in [4.78, 5) is 4.70. The van der Waals surface area contributed by atoms with Crippen molar-refractivity contribution >= 4 is 11.3 Å². The van der Waals surface area contributed by atoms with E-state index in [0.717, 1.165) is 29.1 Å². The predicted octanol–water partition coefficient (Wildman–Crippen LogP) is 3.92. The Bertz CT molecular complexity index is 677. The molecule has 1 unspecified atom stereocenters. The van der Waals surface area contributed by atoms with Gasteiger partial charge in [-0.1, -0.05) is 60.7 Å². The SMILES string of the molecule is NC(Cc1ccccc1)Cc1nc(-c2ccccc2)cs1. The van der Waals surface area contributed by atoms with Crippen LogP contribution in [-0.4, -0.2) is 11.0 Å². The van der Waals surface area contributed by atoms with Crippen molar-refractivity contribution in [2.45, 2.75) is 18.9 Å². The predicted molar refractivity (Wildman–Crippen MR) is 89.4 cm³/mol. The Morgan fingerprint density at radius 2 is 1.57 bits per heavy atom. The van der Waals surface area contributed by atoms with Gasteiger partial charge in [0.05, 0.1) is 10.7 Å². The molecule has 1 atom stereocenters. The summed E-state index contributed by atoms with van der Waals surface area (Å²) in [5, 5.41) is 3.22. The van der Waals surface area contributed by atoms with Crippen LogP contribution >= 0.6 is 11.3 Å². The summed E-state index contributed by atoms with van der Waals surface area (Å²) in [5.41, 5.74) is 9.74. The van der Waals surface area contributed by atoms with Crippen molar-refractivity contribution in [2.24, 2.45) is 5.73 Å². The van der Waals surface area contributed by atoms with Gasteiger partial charge in [0.2, 0.25) is 0 Å². The number of aromatic nitrogens is 1. The summed E-state index contributed by atoms with van der Waals surface area (Å²) < 4.78 is 0. The van der Waals surface area contributed by atoms with E-state index < -0.39 is 0 Å². The maximum absolute atomic E-state index is 6.25. The molecule has 0 aliphatic rings. The Labute approximate surface area is 129 Å². The van der Waals surface area contributed by atoms with Gasteiger partial charge in [0, 0.05) is 23.4 Å². The second-order valence-corrected chi connectivity index (χ2v) is 6.09. The number of nitrogens with zero attached hydrogens (tertiary/aromatic N) is 1. The van der Waals surface area contributed by atoms with Crippen LogP contribution in [0.25, 0.3) is 11.3 Å². The molecule has 0 amide bonds. The number of rotatable bonds is 5. The molecule has 3 aromatic rings. The fraction of sp³-hybridized carbons (Fsp3) is 0.167. The average Bonchev–Trinajstić information content (AvgIpc) is 2.97. The quantitative estimate of drug-likeness (QED) is 0.774. The first kappa shape index (κ1) is 14.0. The molecule has 0 saturated heterocycles. The van der Waals surface area contributed by atoms with Crippen LogP contribution in [0.1, 0.15) is 10.6 Å². The molecule has 1 heterocycles. The summed E-state index contributed by atoms with van der Waals surface area (Å²) >= 11 is 1.69. The Kier molecular flexibility index (Phi) is 4.43. The second-order valence-electron chi connectivity index (χ2n) is 5.15.